The van der Waals surface area contributed by atoms with Gasteiger partial charge in [-0.3, -0.25) is 4.79 Å². The molecule has 0 radical (unpaired) electrons. The van der Waals surface area contributed by atoms with Crippen LogP contribution in [0.3, 0.4) is 0 Å². The number of carbonyl (C=O) groups excluding carboxylic acids is 1. The Kier molecular flexibility index (Phi) is 11.0. The molecule has 1 amide bonds. The Morgan fingerprint density at radius 1 is 1.11 bits per heavy atom. The summed E-state index contributed by atoms with van der Waals surface area (Å²) in [6, 6.07) is 5.43. The molecule has 0 fully saturated rings. The number of benzene rings is 1. The number of carbonyl (C=O) groups is 1. The zero-order valence-corrected chi connectivity index (χ0v) is 16.3. The number of hydrogen-bond donors (Lipinski definition) is 1. The Labute approximate surface area is 163 Å². The third-order valence-electron chi connectivity index (χ3n) is 3.94. The SMILES string of the molecule is C=CC/C=C/C=C/C=C(/CC=C)c1cc(OCCCCC)ccc1C(N)=O. The molecule has 27 heavy (non-hydrogen) atoms. The molecular formula is C24H31NO2. The Bertz CT molecular complexity index is 711. The van der Waals surface area contributed by atoms with E-state index in [2.05, 4.69) is 20.1 Å². The fourth-order valence-corrected chi connectivity index (χ4v) is 2.55. The first kappa shape index (κ1) is 22.2. The van der Waals surface area contributed by atoms with Gasteiger partial charge in [-0.25, -0.2) is 0 Å². The fraction of sp³-hybridized carbons (Fsp3) is 0.292. The molecule has 0 atom stereocenters. The topological polar surface area (TPSA) is 52.3 Å². The average Bonchev–Trinajstić information content (AvgIpc) is 2.66. The first-order chi connectivity index (χ1) is 13.1. The second-order valence-electron chi connectivity index (χ2n) is 6.15. The van der Waals surface area contributed by atoms with Crippen LogP contribution in [0, 0.1) is 0 Å². The first-order valence-electron chi connectivity index (χ1n) is 9.45. The van der Waals surface area contributed by atoms with E-state index in [1.807, 2.05) is 48.6 Å². The van der Waals surface area contributed by atoms with Gasteiger partial charge in [0.2, 0.25) is 5.91 Å². The van der Waals surface area contributed by atoms with Crippen molar-refractivity contribution >= 4 is 11.5 Å². The highest BCUT2D eigenvalue weighted by Gasteiger charge is 2.12. The molecule has 1 rings (SSSR count). The number of hydrogen-bond acceptors (Lipinski definition) is 2. The minimum Gasteiger partial charge on any atom is -0.494 e. The number of amides is 1. The lowest BCUT2D eigenvalue weighted by atomic mass is 9.96. The molecule has 0 saturated carbocycles. The van der Waals surface area contributed by atoms with Gasteiger partial charge in [0.15, 0.2) is 0 Å². The molecule has 0 spiro atoms. The summed E-state index contributed by atoms with van der Waals surface area (Å²) in [4.78, 5) is 11.9. The van der Waals surface area contributed by atoms with Crippen LogP contribution >= 0.6 is 0 Å². The maximum absolute atomic E-state index is 11.9. The summed E-state index contributed by atoms with van der Waals surface area (Å²) in [7, 11) is 0. The van der Waals surface area contributed by atoms with Crippen molar-refractivity contribution in [2.45, 2.75) is 39.0 Å². The van der Waals surface area contributed by atoms with E-state index in [0.717, 1.165) is 42.6 Å². The largest absolute Gasteiger partial charge is 0.494 e. The molecule has 3 heteroatoms. The normalized spacial score (nSPS) is 11.8. The third-order valence-corrected chi connectivity index (χ3v) is 3.94. The van der Waals surface area contributed by atoms with Gasteiger partial charge in [0, 0.05) is 5.56 Å². The minimum atomic E-state index is -0.452. The number of primary amides is 1. The van der Waals surface area contributed by atoms with Crippen LogP contribution < -0.4 is 10.5 Å². The lowest BCUT2D eigenvalue weighted by molar-refractivity contribution is 0.1000. The van der Waals surface area contributed by atoms with Crippen molar-refractivity contribution in [3.8, 4) is 5.75 Å². The van der Waals surface area contributed by atoms with Crippen molar-refractivity contribution in [2.75, 3.05) is 6.61 Å². The Morgan fingerprint density at radius 2 is 1.93 bits per heavy atom. The monoisotopic (exact) mass is 365 g/mol. The molecule has 1 aromatic rings. The Hall–Kier alpha value is -2.81. The summed E-state index contributed by atoms with van der Waals surface area (Å²) in [5, 5.41) is 0. The van der Waals surface area contributed by atoms with E-state index in [1.165, 1.54) is 0 Å². The van der Waals surface area contributed by atoms with Gasteiger partial charge in [0.1, 0.15) is 5.75 Å². The second kappa shape index (κ2) is 13.4. The number of unbranched alkanes of at least 4 members (excludes halogenated alkanes) is 2. The maximum atomic E-state index is 11.9. The molecule has 0 heterocycles. The van der Waals surface area contributed by atoms with E-state index in [-0.39, 0.29) is 0 Å². The lowest BCUT2D eigenvalue weighted by Gasteiger charge is -2.13. The van der Waals surface area contributed by atoms with Gasteiger partial charge in [-0.05, 0) is 48.6 Å². The fourth-order valence-electron chi connectivity index (χ4n) is 2.55. The van der Waals surface area contributed by atoms with E-state index in [1.54, 1.807) is 12.1 Å². The standard InChI is InChI=1S/C24H31NO2/c1-4-7-9-10-11-12-15-20(14-6-3)23-19-21(27-18-13-8-5-2)16-17-22(23)24(25)26/h4,6,9-12,15-17,19H,1,3,5,7-8,13-14,18H2,2H3,(H2,25,26)/b10-9+,12-11+,20-15-. The third kappa shape index (κ3) is 8.41. The van der Waals surface area contributed by atoms with Crippen LogP contribution in [0.4, 0.5) is 0 Å². The number of rotatable bonds is 13. The van der Waals surface area contributed by atoms with Crippen LogP contribution in [0.1, 0.15) is 54.9 Å². The van der Waals surface area contributed by atoms with Crippen molar-refractivity contribution in [2.24, 2.45) is 5.73 Å². The van der Waals surface area contributed by atoms with Crippen molar-refractivity contribution in [3.05, 3.63) is 85.0 Å². The smallest absolute Gasteiger partial charge is 0.249 e. The van der Waals surface area contributed by atoms with Crippen molar-refractivity contribution in [3.63, 3.8) is 0 Å². The van der Waals surface area contributed by atoms with Crippen LogP contribution in [0.2, 0.25) is 0 Å². The molecule has 0 aliphatic rings. The van der Waals surface area contributed by atoms with E-state index in [4.69, 9.17) is 10.5 Å². The summed E-state index contributed by atoms with van der Waals surface area (Å²) in [5.74, 6) is 0.295. The van der Waals surface area contributed by atoms with E-state index in [0.29, 0.717) is 18.6 Å². The van der Waals surface area contributed by atoms with Crippen molar-refractivity contribution < 1.29 is 9.53 Å². The molecule has 1 aromatic carbocycles. The number of ether oxygens (including phenoxy) is 1. The summed E-state index contributed by atoms with van der Waals surface area (Å²) in [5.41, 5.74) is 7.81. The van der Waals surface area contributed by atoms with E-state index >= 15 is 0 Å². The molecular weight excluding hydrogens is 334 g/mol. The highest BCUT2D eigenvalue weighted by Crippen LogP contribution is 2.27. The molecule has 144 valence electrons. The number of allylic oxidation sites excluding steroid dienone is 8. The van der Waals surface area contributed by atoms with Gasteiger partial charge in [0.05, 0.1) is 6.61 Å². The Balaban J connectivity index is 3.10. The zero-order valence-electron chi connectivity index (χ0n) is 16.3. The maximum Gasteiger partial charge on any atom is 0.249 e. The van der Waals surface area contributed by atoms with Crippen molar-refractivity contribution in [1.29, 1.82) is 0 Å². The van der Waals surface area contributed by atoms with Crippen molar-refractivity contribution in [1.82, 2.24) is 0 Å². The summed E-state index contributed by atoms with van der Waals surface area (Å²) < 4.78 is 5.84. The molecule has 3 nitrogen and oxygen atoms in total. The average molecular weight is 366 g/mol. The quantitative estimate of drug-likeness (QED) is 0.265. The molecule has 0 aliphatic carbocycles. The van der Waals surface area contributed by atoms with Crippen LogP contribution in [-0.4, -0.2) is 12.5 Å². The summed E-state index contributed by atoms with van der Waals surface area (Å²) in [6.07, 6.45) is 18.3. The number of nitrogens with two attached hydrogens (primary N) is 1. The first-order valence-corrected chi connectivity index (χ1v) is 9.45. The van der Waals surface area contributed by atoms with Gasteiger partial charge in [-0.2, -0.15) is 0 Å². The minimum absolute atomic E-state index is 0.452. The zero-order chi connectivity index (χ0) is 19.9. The van der Waals surface area contributed by atoms with Gasteiger partial charge in [0.25, 0.3) is 0 Å². The van der Waals surface area contributed by atoms with E-state index in [9.17, 15) is 4.79 Å². The highest BCUT2D eigenvalue weighted by atomic mass is 16.5. The van der Waals surface area contributed by atoms with Gasteiger partial charge >= 0.3 is 0 Å². The van der Waals surface area contributed by atoms with Crippen LogP contribution in [0.15, 0.2) is 73.9 Å². The predicted molar refractivity (Wildman–Crippen MR) is 116 cm³/mol. The highest BCUT2D eigenvalue weighted by molar-refractivity contribution is 5.98. The van der Waals surface area contributed by atoms with Crippen LogP contribution in [0.25, 0.3) is 5.57 Å². The molecule has 0 unspecified atom stereocenters. The van der Waals surface area contributed by atoms with Gasteiger partial charge in [-0.15, -0.1) is 13.2 Å². The molecule has 0 aliphatic heterocycles. The predicted octanol–water partition coefficient (Wildman–Crippen LogP) is 6.00. The summed E-state index contributed by atoms with van der Waals surface area (Å²) >= 11 is 0. The molecule has 0 aromatic heterocycles. The molecule has 0 bridgehead atoms. The van der Waals surface area contributed by atoms with Crippen LogP contribution in [0.5, 0.6) is 5.75 Å². The van der Waals surface area contributed by atoms with E-state index < -0.39 is 5.91 Å². The lowest BCUT2D eigenvalue weighted by Crippen LogP contribution is -2.13. The summed E-state index contributed by atoms with van der Waals surface area (Å²) in [6.45, 7) is 10.3. The van der Waals surface area contributed by atoms with Crippen LogP contribution in [-0.2, 0) is 0 Å². The Morgan fingerprint density at radius 3 is 2.59 bits per heavy atom. The molecule has 0 saturated heterocycles. The second-order valence-corrected chi connectivity index (χ2v) is 6.15. The van der Waals surface area contributed by atoms with Gasteiger partial charge < -0.3 is 10.5 Å². The van der Waals surface area contributed by atoms with Gasteiger partial charge in [-0.1, -0.05) is 62.3 Å². The molecule has 2 N–H and O–H groups in total.